The van der Waals surface area contributed by atoms with Crippen molar-refractivity contribution in [2.45, 2.75) is 44.6 Å². The fourth-order valence-electron chi connectivity index (χ4n) is 5.47. The van der Waals surface area contributed by atoms with Crippen LogP contribution in [0.25, 0.3) is 0 Å². The van der Waals surface area contributed by atoms with Crippen LogP contribution in [-0.4, -0.2) is 60.2 Å². The zero-order chi connectivity index (χ0) is 25.8. The minimum atomic E-state index is -0.976. The number of nitrogens with zero attached hydrogens (tertiary/aromatic N) is 4. The van der Waals surface area contributed by atoms with Crippen molar-refractivity contribution >= 4 is 23.4 Å². The zero-order valence-corrected chi connectivity index (χ0v) is 21.6. The number of anilines is 1. The molecule has 1 fully saturated rings. The fourth-order valence-corrected chi connectivity index (χ4v) is 5.47. The van der Waals surface area contributed by atoms with Crippen LogP contribution in [0.5, 0.6) is 0 Å². The van der Waals surface area contributed by atoms with E-state index in [-0.39, 0.29) is 11.7 Å². The number of guanidine groups is 1. The molecule has 7 nitrogen and oxygen atoms in total. The zero-order valence-electron chi connectivity index (χ0n) is 21.6. The van der Waals surface area contributed by atoms with Crippen LogP contribution < -0.4 is 10.6 Å². The summed E-state index contributed by atoms with van der Waals surface area (Å²) in [7, 11) is 0. The topological polar surface area (TPSA) is 72.3 Å². The Bertz CT molecular complexity index is 1220. The van der Waals surface area contributed by atoms with Gasteiger partial charge in [-0.25, -0.2) is 9.38 Å². The number of piperidine rings is 1. The monoisotopic (exact) mass is 502 g/mol. The molecular formula is C29H35FN6O. The number of benzene rings is 2. The SMILES string of the molecule is CC1=NC(C)(c2ccc(F)cc2)C(=O)N1CCCN1CCC(c2cccc(NC3=NCC=CN3)c2)CC1. The molecule has 0 saturated carbocycles. The van der Waals surface area contributed by atoms with E-state index in [2.05, 4.69) is 49.8 Å². The van der Waals surface area contributed by atoms with Crippen molar-refractivity contribution in [3.8, 4) is 0 Å². The van der Waals surface area contributed by atoms with Gasteiger partial charge < -0.3 is 15.5 Å². The molecule has 3 heterocycles. The highest BCUT2D eigenvalue weighted by Gasteiger charge is 2.44. The van der Waals surface area contributed by atoms with Gasteiger partial charge in [0.05, 0.1) is 6.54 Å². The Kier molecular flexibility index (Phi) is 7.37. The standard InChI is InChI=1S/C29H35FN6O/c1-21-34-29(2,24-8-10-25(30)11-9-24)27(37)36(21)17-5-16-35-18-12-22(13-19-35)23-6-3-7-26(20-23)33-28-31-14-4-15-32-28/h3-4,6-11,14,20,22H,5,12-13,15-19H2,1-2H3,(H2,31,32,33). The molecule has 0 aliphatic carbocycles. The quantitative estimate of drug-likeness (QED) is 0.587. The summed E-state index contributed by atoms with van der Waals surface area (Å²) in [6, 6.07) is 14.7. The van der Waals surface area contributed by atoms with Crippen LogP contribution in [0.3, 0.4) is 0 Å². The van der Waals surface area contributed by atoms with Crippen LogP contribution in [0, 0.1) is 5.82 Å². The summed E-state index contributed by atoms with van der Waals surface area (Å²) >= 11 is 0. The van der Waals surface area contributed by atoms with E-state index in [1.54, 1.807) is 17.0 Å². The minimum absolute atomic E-state index is 0.0331. The van der Waals surface area contributed by atoms with E-state index in [0.29, 0.717) is 19.0 Å². The number of amides is 1. The van der Waals surface area contributed by atoms with Crippen LogP contribution in [-0.2, 0) is 10.3 Å². The molecule has 1 saturated heterocycles. The van der Waals surface area contributed by atoms with Gasteiger partial charge in [0.15, 0.2) is 11.5 Å². The number of rotatable bonds is 7. The lowest BCUT2D eigenvalue weighted by molar-refractivity contribution is -0.131. The lowest BCUT2D eigenvalue weighted by Gasteiger charge is -2.33. The Balaban J connectivity index is 1.09. The van der Waals surface area contributed by atoms with Gasteiger partial charge >= 0.3 is 0 Å². The molecule has 2 N–H and O–H groups in total. The highest BCUT2D eigenvalue weighted by Crippen LogP contribution is 2.34. The Morgan fingerprint density at radius 2 is 1.92 bits per heavy atom. The van der Waals surface area contributed by atoms with Crippen molar-refractivity contribution in [3.05, 3.63) is 77.8 Å². The summed E-state index contributed by atoms with van der Waals surface area (Å²) in [6.07, 6.45) is 7.03. The lowest BCUT2D eigenvalue weighted by Crippen LogP contribution is -2.41. The highest BCUT2D eigenvalue weighted by molar-refractivity contribution is 6.07. The lowest BCUT2D eigenvalue weighted by atomic mass is 9.89. The number of aliphatic imine (C=N–C) groups is 2. The first kappa shape index (κ1) is 25.1. The van der Waals surface area contributed by atoms with Crippen molar-refractivity contribution in [1.82, 2.24) is 15.1 Å². The molecule has 3 aliphatic heterocycles. The first-order valence-electron chi connectivity index (χ1n) is 13.1. The molecule has 194 valence electrons. The number of likely N-dealkylation sites (tertiary alicyclic amines) is 1. The summed E-state index contributed by atoms with van der Waals surface area (Å²) in [6.45, 7) is 8.10. The van der Waals surface area contributed by atoms with E-state index in [1.807, 2.05) is 26.1 Å². The van der Waals surface area contributed by atoms with Crippen molar-refractivity contribution in [1.29, 1.82) is 0 Å². The first-order chi connectivity index (χ1) is 17.9. The van der Waals surface area contributed by atoms with Crippen LogP contribution in [0.15, 0.2) is 70.8 Å². The molecule has 0 radical (unpaired) electrons. The maximum Gasteiger partial charge on any atom is 0.260 e. The van der Waals surface area contributed by atoms with E-state index in [9.17, 15) is 9.18 Å². The van der Waals surface area contributed by atoms with E-state index in [1.165, 1.54) is 17.7 Å². The molecule has 2 aromatic rings. The van der Waals surface area contributed by atoms with Gasteiger partial charge in [-0.1, -0.05) is 24.3 Å². The summed E-state index contributed by atoms with van der Waals surface area (Å²) in [5.74, 6) is 1.71. The van der Waals surface area contributed by atoms with Gasteiger partial charge in [-0.05, 0) is 100 Å². The average Bonchev–Trinajstić information content (AvgIpc) is 3.14. The number of hydrogen-bond donors (Lipinski definition) is 2. The summed E-state index contributed by atoms with van der Waals surface area (Å²) < 4.78 is 13.4. The first-order valence-corrected chi connectivity index (χ1v) is 13.1. The molecule has 1 atom stereocenters. The second-order valence-electron chi connectivity index (χ2n) is 10.2. The number of nitrogens with one attached hydrogen (secondary N) is 2. The maximum atomic E-state index is 13.4. The third-order valence-electron chi connectivity index (χ3n) is 7.60. The largest absolute Gasteiger partial charge is 0.333 e. The molecule has 1 amide bonds. The summed E-state index contributed by atoms with van der Waals surface area (Å²) in [4.78, 5) is 26.6. The van der Waals surface area contributed by atoms with Crippen molar-refractivity contribution in [2.24, 2.45) is 9.98 Å². The van der Waals surface area contributed by atoms with Gasteiger partial charge in [0.1, 0.15) is 11.7 Å². The number of halogens is 1. The Hall–Kier alpha value is -3.52. The molecule has 2 aromatic carbocycles. The predicted molar refractivity (Wildman–Crippen MR) is 146 cm³/mol. The van der Waals surface area contributed by atoms with Crippen molar-refractivity contribution in [3.63, 3.8) is 0 Å². The smallest absolute Gasteiger partial charge is 0.260 e. The molecule has 1 unspecified atom stereocenters. The molecule has 5 rings (SSSR count). The van der Waals surface area contributed by atoms with Gasteiger partial charge in [-0.15, -0.1) is 0 Å². The van der Waals surface area contributed by atoms with Crippen LogP contribution in [0.2, 0.25) is 0 Å². The molecule has 0 aromatic heterocycles. The normalized spacial score (nSPS) is 22.6. The van der Waals surface area contributed by atoms with E-state index >= 15 is 0 Å². The van der Waals surface area contributed by atoms with Gasteiger partial charge in [-0.3, -0.25) is 14.7 Å². The Morgan fingerprint density at radius 3 is 2.65 bits per heavy atom. The van der Waals surface area contributed by atoms with Crippen LogP contribution in [0.1, 0.15) is 50.2 Å². The number of carbonyl (C=O) groups excluding carboxylic acids is 1. The Labute approximate surface area is 218 Å². The molecule has 37 heavy (non-hydrogen) atoms. The highest BCUT2D eigenvalue weighted by atomic mass is 19.1. The number of carbonyl (C=O) groups is 1. The third kappa shape index (κ3) is 5.59. The van der Waals surface area contributed by atoms with Gasteiger partial charge in [0.25, 0.3) is 5.91 Å². The molecule has 3 aliphatic rings. The predicted octanol–water partition coefficient (Wildman–Crippen LogP) is 4.46. The van der Waals surface area contributed by atoms with Gasteiger partial charge in [0.2, 0.25) is 0 Å². The maximum absolute atomic E-state index is 13.4. The average molecular weight is 503 g/mol. The minimum Gasteiger partial charge on any atom is -0.333 e. The second-order valence-corrected chi connectivity index (χ2v) is 10.2. The molecule has 0 bridgehead atoms. The summed E-state index contributed by atoms with van der Waals surface area (Å²) in [5.41, 5.74) is 2.17. The van der Waals surface area contributed by atoms with Crippen LogP contribution in [0.4, 0.5) is 10.1 Å². The molecule has 8 heteroatoms. The molecular weight excluding hydrogens is 467 g/mol. The second kappa shape index (κ2) is 10.8. The van der Waals surface area contributed by atoms with Crippen molar-refractivity contribution in [2.75, 3.05) is 38.0 Å². The van der Waals surface area contributed by atoms with Crippen LogP contribution >= 0.6 is 0 Å². The van der Waals surface area contributed by atoms with Crippen molar-refractivity contribution < 1.29 is 9.18 Å². The van der Waals surface area contributed by atoms with Gasteiger partial charge in [-0.2, -0.15) is 0 Å². The third-order valence-corrected chi connectivity index (χ3v) is 7.60. The summed E-state index contributed by atoms with van der Waals surface area (Å²) in [5, 5.41) is 6.51. The fraction of sp³-hybridized carbons (Fsp3) is 0.414. The molecule has 0 spiro atoms. The Morgan fingerprint density at radius 1 is 1.14 bits per heavy atom. The van der Waals surface area contributed by atoms with E-state index < -0.39 is 5.54 Å². The number of amidine groups is 1. The van der Waals surface area contributed by atoms with E-state index in [4.69, 9.17) is 0 Å². The number of hydrogen-bond acceptors (Lipinski definition) is 6. The van der Waals surface area contributed by atoms with Gasteiger partial charge in [0, 0.05) is 18.4 Å². The van der Waals surface area contributed by atoms with E-state index in [0.717, 1.165) is 61.9 Å².